The van der Waals surface area contributed by atoms with Gasteiger partial charge in [0.15, 0.2) is 0 Å². The molecule has 0 spiro atoms. The van der Waals surface area contributed by atoms with Crippen molar-refractivity contribution < 1.29 is 9.90 Å². The van der Waals surface area contributed by atoms with E-state index < -0.39 is 5.97 Å². The first-order chi connectivity index (χ1) is 12.2. The molecule has 142 valence electrons. The van der Waals surface area contributed by atoms with Gasteiger partial charge in [-0.3, -0.25) is 0 Å². The van der Waals surface area contributed by atoms with Gasteiger partial charge in [-0.2, -0.15) is 0 Å². The Morgan fingerprint density at radius 3 is 2.69 bits per heavy atom. The van der Waals surface area contributed by atoms with Gasteiger partial charge in [-0.05, 0) is 66.6 Å². The molecule has 0 amide bonds. The first-order valence-electron chi connectivity index (χ1n) is 10.2. The maximum Gasteiger partial charge on any atom is 0.328 e. The first kappa shape index (κ1) is 19.2. The van der Waals surface area contributed by atoms with Gasteiger partial charge in [0.1, 0.15) is 0 Å². The van der Waals surface area contributed by atoms with Crippen LogP contribution in [0, 0.1) is 28.1 Å². The standard InChI is InChI=1S/C24H34O2/c1-5-22(2)16-12-19-18(17-22)10-11-20-23(3,13-7-6-9-21(25)26)14-8-15-24(19,20)4/h5-7,9,12-13,18,20H,1,8,10-11,14-17H2,2-4H3,(H,25,26)/t18?,20?,22-,23+,24-/m0/s1. The minimum atomic E-state index is -0.883. The van der Waals surface area contributed by atoms with Gasteiger partial charge in [-0.15, -0.1) is 6.58 Å². The van der Waals surface area contributed by atoms with E-state index in [0.29, 0.717) is 17.3 Å². The maximum atomic E-state index is 10.7. The summed E-state index contributed by atoms with van der Waals surface area (Å²) in [5.41, 5.74) is 2.42. The first-order valence-corrected chi connectivity index (χ1v) is 10.2. The molecule has 1 N–H and O–H groups in total. The molecule has 3 aliphatic carbocycles. The van der Waals surface area contributed by atoms with Crippen molar-refractivity contribution in [2.75, 3.05) is 0 Å². The monoisotopic (exact) mass is 354 g/mol. The molecule has 0 radical (unpaired) electrons. The molecule has 0 aromatic heterocycles. The summed E-state index contributed by atoms with van der Waals surface area (Å²) in [5, 5.41) is 8.80. The van der Waals surface area contributed by atoms with Crippen LogP contribution in [0.4, 0.5) is 0 Å². The van der Waals surface area contributed by atoms with Gasteiger partial charge in [-0.1, -0.05) is 63.1 Å². The summed E-state index contributed by atoms with van der Waals surface area (Å²) in [6.45, 7) is 11.3. The van der Waals surface area contributed by atoms with Gasteiger partial charge in [0.25, 0.3) is 0 Å². The number of carboxylic acids is 1. The van der Waals surface area contributed by atoms with Crippen molar-refractivity contribution >= 4 is 5.97 Å². The largest absolute Gasteiger partial charge is 0.478 e. The molecule has 5 atom stereocenters. The predicted molar refractivity (Wildman–Crippen MR) is 108 cm³/mol. The predicted octanol–water partition coefficient (Wildman–Crippen LogP) is 6.32. The fourth-order valence-electron chi connectivity index (χ4n) is 6.28. The van der Waals surface area contributed by atoms with Crippen LogP contribution < -0.4 is 0 Å². The SMILES string of the molecule is C=C[C@@]1(C)CC=C2C(CCC3[C@@]2(C)CCC[C@@]3(C)C=CC=CC(=O)O)C1. The van der Waals surface area contributed by atoms with E-state index in [1.54, 1.807) is 11.6 Å². The molecule has 2 fully saturated rings. The second-order valence-corrected chi connectivity index (χ2v) is 9.59. The van der Waals surface area contributed by atoms with Crippen molar-refractivity contribution in [2.24, 2.45) is 28.1 Å². The van der Waals surface area contributed by atoms with E-state index in [4.69, 9.17) is 5.11 Å². The lowest BCUT2D eigenvalue weighted by Crippen LogP contribution is -2.49. The molecule has 0 saturated heterocycles. The molecule has 2 saturated carbocycles. The number of carbonyl (C=O) groups is 1. The van der Waals surface area contributed by atoms with Crippen LogP contribution in [-0.4, -0.2) is 11.1 Å². The Balaban J connectivity index is 1.88. The zero-order chi connectivity index (χ0) is 19.0. The smallest absolute Gasteiger partial charge is 0.328 e. The third-order valence-corrected chi connectivity index (χ3v) is 7.70. The lowest BCUT2D eigenvalue weighted by molar-refractivity contribution is -0.131. The van der Waals surface area contributed by atoms with Crippen LogP contribution >= 0.6 is 0 Å². The van der Waals surface area contributed by atoms with Crippen LogP contribution in [0.5, 0.6) is 0 Å². The average molecular weight is 355 g/mol. The fraction of sp³-hybridized carbons (Fsp3) is 0.625. The molecule has 3 rings (SSSR count). The molecule has 0 aliphatic heterocycles. The number of rotatable bonds is 4. The third-order valence-electron chi connectivity index (χ3n) is 7.70. The molecule has 0 aromatic rings. The minimum absolute atomic E-state index is 0.154. The highest BCUT2D eigenvalue weighted by Crippen LogP contribution is 2.64. The summed E-state index contributed by atoms with van der Waals surface area (Å²) in [6.07, 6.45) is 20.5. The summed E-state index contributed by atoms with van der Waals surface area (Å²) >= 11 is 0. The second kappa shape index (κ2) is 6.87. The summed E-state index contributed by atoms with van der Waals surface area (Å²) in [7, 11) is 0. The molecule has 2 nitrogen and oxygen atoms in total. The Morgan fingerprint density at radius 2 is 2.00 bits per heavy atom. The Hall–Kier alpha value is -1.57. The third kappa shape index (κ3) is 3.35. The van der Waals surface area contributed by atoms with Crippen LogP contribution in [0.1, 0.15) is 65.7 Å². The summed E-state index contributed by atoms with van der Waals surface area (Å²) in [5.74, 6) is 0.478. The molecule has 26 heavy (non-hydrogen) atoms. The number of fused-ring (bicyclic) bond motifs is 3. The fourth-order valence-corrected chi connectivity index (χ4v) is 6.28. The van der Waals surface area contributed by atoms with Crippen molar-refractivity contribution in [2.45, 2.75) is 65.7 Å². The van der Waals surface area contributed by atoms with E-state index in [9.17, 15) is 4.79 Å². The number of allylic oxidation sites excluding steroid dienone is 6. The number of hydrogen-bond donors (Lipinski definition) is 1. The zero-order valence-corrected chi connectivity index (χ0v) is 16.6. The Labute approximate surface area is 158 Å². The number of hydrogen-bond acceptors (Lipinski definition) is 1. The second-order valence-electron chi connectivity index (χ2n) is 9.59. The van der Waals surface area contributed by atoms with Gasteiger partial charge in [0, 0.05) is 6.08 Å². The van der Waals surface area contributed by atoms with Crippen molar-refractivity contribution in [1.29, 1.82) is 0 Å². The van der Waals surface area contributed by atoms with E-state index in [1.165, 1.54) is 44.6 Å². The number of aliphatic carboxylic acids is 1. The molecule has 2 unspecified atom stereocenters. The normalized spacial score (nSPS) is 43.0. The van der Waals surface area contributed by atoms with Crippen LogP contribution in [0.15, 0.2) is 48.6 Å². The summed E-state index contributed by atoms with van der Waals surface area (Å²) in [4.78, 5) is 10.7. The Kier molecular flexibility index (Phi) is 5.07. The van der Waals surface area contributed by atoms with E-state index in [-0.39, 0.29) is 10.8 Å². The average Bonchev–Trinajstić information content (AvgIpc) is 2.58. The zero-order valence-electron chi connectivity index (χ0n) is 16.6. The van der Waals surface area contributed by atoms with Gasteiger partial charge >= 0.3 is 5.97 Å². The van der Waals surface area contributed by atoms with Gasteiger partial charge in [0.2, 0.25) is 0 Å². The molecule has 0 aromatic carbocycles. The molecular weight excluding hydrogens is 320 g/mol. The van der Waals surface area contributed by atoms with Crippen LogP contribution in [-0.2, 0) is 4.79 Å². The summed E-state index contributed by atoms with van der Waals surface area (Å²) < 4.78 is 0. The molecule has 0 bridgehead atoms. The van der Waals surface area contributed by atoms with Crippen molar-refractivity contribution in [1.82, 2.24) is 0 Å². The number of carboxylic acid groups (broad SMARTS) is 1. The molecule has 3 aliphatic rings. The lowest BCUT2D eigenvalue weighted by atomic mass is 9.46. The van der Waals surface area contributed by atoms with E-state index >= 15 is 0 Å². The van der Waals surface area contributed by atoms with E-state index in [0.717, 1.165) is 6.42 Å². The summed E-state index contributed by atoms with van der Waals surface area (Å²) in [6, 6.07) is 0. The highest BCUT2D eigenvalue weighted by Gasteiger charge is 2.54. The van der Waals surface area contributed by atoms with Crippen molar-refractivity contribution in [3.8, 4) is 0 Å². The van der Waals surface area contributed by atoms with Crippen molar-refractivity contribution in [3.05, 3.63) is 48.6 Å². The highest BCUT2D eigenvalue weighted by atomic mass is 16.4. The quantitative estimate of drug-likeness (QED) is 0.364. The lowest BCUT2D eigenvalue weighted by Gasteiger charge is -2.58. The minimum Gasteiger partial charge on any atom is -0.478 e. The van der Waals surface area contributed by atoms with Gasteiger partial charge in [-0.25, -0.2) is 4.79 Å². The van der Waals surface area contributed by atoms with Gasteiger partial charge < -0.3 is 5.11 Å². The Morgan fingerprint density at radius 1 is 1.23 bits per heavy atom. The van der Waals surface area contributed by atoms with Crippen LogP contribution in [0.2, 0.25) is 0 Å². The van der Waals surface area contributed by atoms with Crippen LogP contribution in [0.25, 0.3) is 0 Å². The van der Waals surface area contributed by atoms with Crippen LogP contribution in [0.3, 0.4) is 0 Å². The van der Waals surface area contributed by atoms with Crippen molar-refractivity contribution in [3.63, 3.8) is 0 Å². The molecule has 2 heteroatoms. The maximum absolute atomic E-state index is 10.7. The Bertz CT molecular complexity index is 670. The molecular formula is C24H34O2. The van der Waals surface area contributed by atoms with Gasteiger partial charge in [0.05, 0.1) is 0 Å². The topological polar surface area (TPSA) is 37.3 Å². The van der Waals surface area contributed by atoms with E-state index in [2.05, 4.69) is 45.6 Å². The van der Waals surface area contributed by atoms with E-state index in [1.807, 2.05) is 6.08 Å². The molecule has 0 heterocycles. The highest BCUT2D eigenvalue weighted by molar-refractivity contribution is 5.80.